The molecule has 2 aromatic rings. The van der Waals surface area contributed by atoms with Crippen molar-refractivity contribution in [2.75, 3.05) is 6.61 Å². The Labute approximate surface area is 125 Å². The standard InChI is InChI=1S/C17H19ClO2/c1-2-3-11-19-17-10-9-15(12-16(17)18)20-13-14-7-5-4-6-8-14/h4-10,12H,2-3,11,13H2,1H3. The molecule has 0 aliphatic rings. The number of ether oxygens (including phenoxy) is 2. The van der Waals surface area contributed by atoms with Crippen LogP contribution >= 0.6 is 11.6 Å². The van der Waals surface area contributed by atoms with Gasteiger partial charge in [-0.2, -0.15) is 0 Å². The molecule has 0 aliphatic heterocycles. The van der Waals surface area contributed by atoms with Crippen molar-refractivity contribution in [2.45, 2.75) is 26.4 Å². The Hall–Kier alpha value is -1.67. The van der Waals surface area contributed by atoms with Crippen molar-refractivity contribution in [3.8, 4) is 11.5 Å². The van der Waals surface area contributed by atoms with Crippen molar-refractivity contribution in [1.82, 2.24) is 0 Å². The maximum absolute atomic E-state index is 6.19. The Bertz CT molecular complexity index is 526. The molecule has 2 nitrogen and oxygen atoms in total. The normalized spacial score (nSPS) is 10.3. The Morgan fingerprint density at radius 1 is 1.00 bits per heavy atom. The molecule has 2 aromatic carbocycles. The highest BCUT2D eigenvalue weighted by Gasteiger charge is 2.04. The predicted octanol–water partition coefficient (Wildman–Crippen LogP) is 5.10. The first-order valence-electron chi connectivity index (χ1n) is 6.88. The highest BCUT2D eigenvalue weighted by molar-refractivity contribution is 6.32. The lowest BCUT2D eigenvalue weighted by Gasteiger charge is -2.10. The fraction of sp³-hybridized carbons (Fsp3) is 0.294. The van der Waals surface area contributed by atoms with Gasteiger partial charge in [-0.3, -0.25) is 0 Å². The number of rotatable bonds is 7. The summed E-state index contributed by atoms with van der Waals surface area (Å²) in [4.78, 5) is 0. The van der Waals surface area contributed by atoms with Gasteiger partial charge in [-0.05, 0) is 24.1 Å². The highest BCUT2D eigenvalue weighted by Crippen LogP contribution is 2.29. The van der Waals surface area contributed by atoms with Crippen LogP contribution in [0, 0.1) is 0 Å². The summed E-state index contributed by atoms with van der Waals surface area (Å²) in [5.41, 5.74) is 1.13. The van der Waals surface area contributed by atoms with Gasteiger partial charge in [-0.1, -0.05) is 55.3 Å². The summed E-state index contributed by atoms with van der Waals surface area (Å²) < 4.78 is 11.3. The molecule has 3 heteroatoms. The Kier molecular flexibility index (Phi) is 5.75. The van der Waals surface area contributed by atoms with E-state index in [1.54, 1.807) is 6.07 Å². The minimum atomic E-state index is 0.535. The van der Waals surface area contributed by atoms with Crippen molar-refractivity contribution >= 4 is 11.6 Å². The first kappa shape index (κ1) is 14.7. The van der Waals surface area contributed by atoms with E-state index in [-0.39, 0.29) is 0 Å². The molecule has 0 N–H and O–H groups in total. The number of halogens is 1. The van der Waals surface area contributed by atoms with Gasteiger partial charge >= 0.3 is 0 Å². The van der Waals surface area contributed by atoms with Crippen molar-refractivity contribution < 1.29 is 9.47 Å². The molecule has 0 saturated heterocycles. The quantitative estimate of drug-likeness (QED) is 0.661. The van der Waals surface area contributed by atoms with Crippen LogP contribution < -0.4 is 9.47 Å². The van der Waals surface area contributed by atoms with Crippen LogP contribution in [0.1, 0.15) is 25.3 Å². The largest absolute Gasteiger partial charge is 0.492 e. The molecule has 0 spiro atoms. The van der Waals surface area contributed by atoms with E-state index < -0.39 is 0 Å². The van der Waals surface area contributed by atoms with Crippen LogP contribution in [0.15, 0.2) is 48.5 Å². The van der Waals surface area contributed by atoms with E-state index in [4.69, 9.17) is 21.1 Å². The fourth-order valence-electron chi connectivity index (χ4n) is 1.76. The lowest BCUT2D eigenvalue weighted by molar-refractivity contribution is 0.299. The van der Waals surface area contributed by atoms with E-state index in [2.05, 4.69) is 6.92 Å². The maximum Gasteiger partial charge on any atom is 0.138 e. The van der Waals surface area contributed by atoms with Crippen molar-refractivity contribution in [3.63, 3.8) is 0 Å². The van der Waals surface area contributed by atoms with Crippen LogP contribution in [0.5, 0.6) is 11.5 Å². The van der Waals surface area contributed by atoms with Gasteiger partial charge in [-0.15, -0.1) is 0 Å². The van der Waals surface area contributed by atoms with Crippen LogP contribution in [-0.2, 0) is 6.61 Å². The van der Waals surface area contributed by atoms with Gasteiger partial charge in [0.25, 0.3) is 0 Å². The second kappa shape index (κ2) is 7.81. The monoisotopic (exact) mass is 290 g/mol. The molecule has 106 valence electrons. The molecular weight excluding hydrogens is 272 g/mol. The molecule has 0 aliphatic carbocycles. The lowest BCUT2D eigenvalue weighted by Crippen LogP contribution is -1.98. The lowest BCUT2D eigenvalue weighted by atomic mass is 10.2. The summed E-state index contributed by atoms with van der Waals surface area (Å²) in [6.45, 7) is 3.36. The average molecular weight is 291 g/mol. The molecule has 2 rings (SSSR count). The zero-order chi connectivity index (χ0) is 14.2. The molecule has 0 fully saturated rings. The van der Waals surface area contributed by atoms with E-state index in [0.717, 1.165) is 24.2 Å². The molecule has 0 radical (unpaired) electrons. The van der Waals surface area contributed by atoms with Gasteiger partial charge in [0, 0.05) is 6.07 Å². The average Bonchev–Trinajstić information content (AvgIpc) is 2.48. The molecule has 0 unspecified atom stereocenters. The van der Waals surface area contributed by atoms with Crippen LogP contribution in [-0.4, -0.2) is 6.61 Å². The molecule has 0 aromatic heterocycles. The molecule has 0 saturated carbocycles. The first-order chi connectivity index (χ1) is 9.79. The number of hydrogen-bond acceptors (Lipinski definition) is 2. The van der Waals surface area contributed by atoms with E-state index >= 15 is 0 Å². The number of unbranched alkanes of at least 4 members (excludes halogenated alkanes) is 1. The van der Waals surface area contributed by atoms with Gasteiger partial charge in [0.1, 0.15) is 18.1 Å². The number of benzene rings is 2. The van der Waals surface area contributed by atoms with E-state index in [0.29, 0.717) is 24.0 Å². The second-order valence-electron chi connectivity index (χ2n) is 4.57. The van der Waals surface area contributed by atoms with Crippen LogP contribution in [0.25, 0.3) is 0 Å². The summed E-state index contributed by atoms with van der Waals surface area (Å²) in [5.74, 6) is 1.47. The summed E-state index contributed by atoms with van der Waals surface area (Å²) >= 11 is 6.19. The minimum absolute atomic E-state index is 0.535. The van der Waals surface area contributed by atoms with Crippen molar-refractivity contribution in [2.24, 2.45) is 0 Å². The molecule has 20 heavy (non-hydrogen) atoms. The third-order valence-electron chi connectivity index (χ3n) is 2.91. The van der Waals surface area contributed by atoms with Gasteiger partial charge in [0.05, 0.1) is 11.6 Å². The van der Waals surface area contributed by atoms with Crippen molar-refractivity contribution in [1.29, 1.82) is 0 Å². The van der Waals surface area contributed by atoms with Crippen molar-refractivity contribution in [3.05, 3.63) is 59.1 Å². The Morgan fingerprint density at radius 3 is 2.50 bits per heavy atom. The third-order valence-corrected chi connectivity index (χ3v) is 3.20. The summed E-state index contributed by atoms with van der Waals surface area (Å²) in [6.07, 6.45) is 2.14. The molecular formula is C17H19ClO2. The minimum Gasteiger partial charge on any atom is -0.492 e. The Morgan fingerprint density at radius 2 is 1.80 bits per heavy atom. The molecule has 0 amide bonds. The second-order valence-corrected chi connectivity index (χ2v) is 4.98. The van der Waals surface area contributed by atoms with Crippen LogP contribution in [0.2, 0.25) is 5.02 Å². The smallest absolute Gasteiger partial charge is 0.138 e. The van der Waals surface area contributed by atoms with Gasteiger partial charge in [-0.25, -0.2) is 0 Å². The molecule has 0 heterocycles. The van der Waals surface area contributed by atoms with Gasteiger partial charge in [0.2, 0.25) is 0 Å². The van der Waals surface area contributed by atoms with E-state index in [9.17, 15) is 0 Å². The summed E-state index contributed by atoms with van der Waals surface area (Å²) in [5, 5.41) is 0.590. The summed E-state index contributed by atoms with van der Waals surface area (Å²) in [7, 11) is 0. The van der Waals surface area contributed by atoms with Crippen LogP contribution in [0.4, 0.5) is 0 Å². The summed E-state index contributed by atoms with van der Waals surface area (Å²) in [6, 6.07) is 15.6. The zero-order valence-electron chi connectivity index (χ0n) is 11.6. The fourth-order valence-corrected chi connectivity index (χ4v) is 1.98. The number of hydrogen-bond donors (Lipinski definition) is 0. The zero-order valence-corrected chi connectivity index (χ0v) is 12.4. The van der Waals surface area contributed by atoms with Gasteiger partial charge < -0.3 is 9.47 Å². The van der Waals surface area contributed by atoms with Gasteiger partial charge in [0.15, 0.2) is 0 Å². The third kappa shape index (κ3) is 4.46. The Balaban J connectivity index is 1.91. The van der Waals surface area contributed by atoms with Crippen LogP contribution in [0.3, 0.4) is 0 Å². The first-order valence-corrected chi connectivity index (χ1v) is 7.26. The van der Waals surface area contributed by atoms with E-state index in [1.807, 2.05) is 42.5 Å². The highest BCUT2D eigenvalue weighted by atomic mass is 35.5. The molecule has 0 atom stereocenters. The SMILES string of the molecule is CCCCOc1ccc(OCc2ccccc2)cc1Cl. The maximum atomic E-state index is 6.19. The van der Waals surface area contributed by atoms with E-state index in [1.165, 1.54) is 0 Å². The predicted molar refractivity (Wildman–Crippen MR) is 82.6 cm³/mol. The molecule has 0 bridgehead atoms. The topological polar surface area (TPSA) is 18.5 Å².